The van der Waals surface area contributed by atoms with Crippen LogP contribution in [-0.2, 0) is 6.42 Å². The fraction of sp³-hybridized carbons (Fsp3) is 0.625. The van der Waals surface area contributed by atoms with Crippen molar-refractivity contribution in [1.29, 1.82) is 0 Å². The van der Waals surface area contributed by atoms with Gasteiger partial charge in [-0.3, -0.25) is 0 Å². The molecule has 19 heavy (non-hydrogen) atoms. The summed E-state index contributed by atoms with van der Waals surface area (Å²) in [7, 11) is 0. The molecular weight excluding hydrogens is 322 g/mol. The lowest BCUT2D eigenvalue weighted by atomic mass is 9.79. The first-order valence-electron chi connectivity index (χ1n) is 7.20. The third-order valence-corrected chi connectivity index (χ3v) is 4.73. The maximum Gasteiger partial charge on any atom is 0.0449 e. The molecule has 1 atom stereocenters. The summed E-state index contributed by atoms with van der Waals surface area (Å²) in [5, 5.41) is 4.56. The number of halogens is 2. The van der Waals surface area contributed by atoms with Gasteiger partial charge in [-0.05, 0) is 48.8 Å². The largest absolute Gasteiger partial charge is 0.313 e. The van der Waals surface area contributed by atoms with E-state index in [1.807, 2.05) is 6.07 Å². The summed E-state index contributed by atoms with van der Waals surface area (Å²) in [5.41, 5.74) is 1.56. The highest BCUT2D eigenvalue weighted by molar-refractivity contribution is 9.10. The van der Waals surface area contributed by atoms with Crippen molar-refractivity contribution >= 4 is 27.5 Å². The summed E-state index contributed by atoms with van der Waals surface area (Å²) in [6.07, 6.45) is 6.20. The zero-order valence-electron chi connectivity index (χ0n) is 11.8. The Morgan fingerprint density at radius 2 is 2.16 bits per heavy atom. The van der Waals surface area contributed by atoms with Gasteiger partial charge in [0.1, 0.15) is 0 Å². The van der Waals surface area contributed by atoms with Crippen molar-refractivity contribution in [3.05, 3.63) is 33.3 Å². The standard InChI is InChI=1S/C16H23BrClN/c1-3-8-16(2,11-19-14-6-7-14)10-12-4-5-13(17)9-15(12)18/h4-5,9,14,19H,3,6-8,10-11H2,1-2H3. The molecule has 0 heterocycles. The number of hydrogen-bond acceptors (Lipinski definition) is 1. The van der Waals surface area contributed by atoms with Gasteiger partial charge in [-0.1, -0.05) is 53.9 Å². The summed E-state index contributed by atoms with van der Waals surface area (Å²) in [6, 6.07) is 7.01. The van der Waals surface area contributed by atoms with E-state index in [1.54, 1.807) is 0 Å². The molecule has 1 N–H and O–H groups in total. The minimum absolute atomic E-state index is 0.300. The number of nitrogens with one attached hydrogen (secondary N) is 1. The topological polar surface area (TPSA) is 12.0 Å². The zero-order chi connectivity index (χ0) is 13.9. The van der Waals surface area contributed by atoms with Gasteiger partial charge in [0, 0.05) is 22.1 Å². The van der Waals surface area contributed by atoms with Gasteiger partial charge < -0.3 is 5.32 Å². The Kier molecular flexibility index (Phi) is 5.33. The third-order valence-electron chi connectivity index (χ3n) is 3.88. The summed E-state index contributed by atoms with van der Waals surface area (Å²) in [5.74, 6) is 0. The van der Waals surface area contributed by atoms with Gasteiger partial charge in [0.25, 0.3) is 0 Å². The van der Waals surface area contributed by atoms with E-state index in [1.165, 1.54) is 31.2 Å². The minimum atomic E-state index is 0.300. The molecule has 1 aliphatic rings. The first kappa shape index (κ1) is 15.3. The normalized spacial score (nSPS) is 18.3. The third kappa shape index (κ3) is 4.77. The molecule has 0 spiro atoms. The molecule has 1 aromatic carbocycles. The number of hydrogen-bond donors (Lipinski definition) is 1. The Hall–Kier alpha value is -0.0500. The van der Waals surface area contributed by atoms with Gasteiger partial charge in [-0.25, -0.2) is 0 Å². The Bertz CT molecular complexity index is 431. The molecule has 1 aromatic rings. The lowest BCUT2D eigenvalue weighted by Gasteiger charge is -2.30. The van der Waals surface area contributed by atoms with Gasteiger partial charge in [-0.2, -0.15) is 0 Å². The van der Waals surface area contributed by atoms with Crippen molar-refractivity contribution in [3.63, 3.8) is 0 Å². The molecule has 0 amide bonds. The molecule has 106 valence electrons. The van der Waals surface area contributed by atoms with E-state index in [9.17, 15) is 0 Å². The van der Waals surface area contributed by atoms with Gasteiger partial charge in [0.05, 0.1) is 0 Å². The maximum absolute atomic E-state index is 6.36. The second kappa shape index (κ2) is 6.60. The smallest absolute Gasteiger partial charge is 0.0449 e. The first-order chi connectivity index (χ1) is 9.02. The fourth-order valence-electron chi connectivity index (χ4n) is 2.65. The van der Waals surface area contributed by atoms with Gasteiger partial charge in [0.2, 0.25) is 0 Å². The summed E-state index contributed by atoms with van der Waals surface area (Å²) < 4.78 is 1.05. The molecule has 0 aromatic heterocycles. The molecule has 0 radical (unpaired) electrons. The van der Waals surface area contributed by atoms with Crippen LogP contribution in [0.4, 0.5) is 0 Å². The van der Waals surface area contributed by atoms with Crippen molar-refractivity contribution in [2.24, 2.45) is 5.41 Å². The van der Waals surface area contributed by atoms with E-state index >= 15 is 0 Å². The predicted molar refractivity (Wildman–Crippen MR) is 86.9 cm³/mol. The van der Waals surface area contributed by atoms with Gasteiger partial charge in [-0.15, -0.1) is 0 Å². The van der Waals surface area contributed by atoms with E-state index in [-0.39, 0.29) is 0 Å². The average molecular weight is 345 g/mol. The van der Waals surface area contributed by atoms with Crippen molar-refractivity contribution < 1.29 is 0 Å². The molecular formula is C16H23BrClN. The van der Waals surface area contributed by atoms with Crippen molar-refractivity contribution in [1.82, 2.24) is 5.32 Å². The number of rotatable bonds is 7. The molecule has 0 bridgehead atoms. The van der Waals surface area contributed by atoms with E-state index in [0.29, 0.717) is 5.41 Å². The summed E-state index contributed by atoms with van der Waals surface area (Å²) in [4.78, 5) is 0. The Morgan fingerprint density at radius 3 is 2.74 bits per heavy atom. The number of benzene rings is 1. The molecule has 1 fully saturated rings. The fourth-order valence-corrected chi connectivity index (χ4v) is 3.39. The summed E-state index contributed by atoms with van der Waals surface area (Å²) >= 11 is 9.83. The van der Waals surface area contributed by atoms with Crippen LogP contribution in [0.2, 0.25) is 5.02 Å². The molecule has 0 saturated heterocycles. The quantitative estimate of drug-likeness (QED) is 0.716. The van der Waals surface area contributed by atoms with Crippen LogP contribution in [0.1, 0.15) is 45.1 Å². The molecule has 2 rings (SSSR count). The molecule has 1 saturated carbocycles. The van der Waals surface area contributed by atoms with Crippen molar-refractivity contribution in [2.45, 2.75) is 52.0 Å². The molecule has 1 unspecified atom stereocenters. The lowest BCUT2D eigenvalue weighted by molar-refractivity contribution is 0.274. The van der Waals surface area contributed by atoms with Crippen LogP contribution >= 0.6 is 27.5 Å². The molecule has 1 aliphatic carbocycles. The van der Waals surface area contributed by atoms with Crippen LogP contribution in [0.5, 0.6) is 0 Å². The average Bonchev–Trinajstić information content (AvgIpc) is 3.15. The Labute approximate surface area is 130 Å². The van der Waals surface area contributed by atoms with Crippen LogP contribution in [0.15, 0.2) is 22.7 Å². The van der Waals surface area contributed by atoms with E-state index in [2.05, 4.69) is 47.2 Å². The van der Waals surface area contributed by atoms with Gasteiger partial charge in [0.15, 0.2) is 0 Å². The summed E-state index contributed by atoms with van der Waals surface area (Å²) in [6.45, 7) is 5.74. The molecule has 1 nitrogen and oxygen atoms in total. The highest BCUT2D eigenvalue weighted by Gasteiger charge is 2.28. The van der Waals surface area contributed by atoms with Crippen LogP contribution in [0, 0.1) is 5.41 Å². The second-order valence-corrected chi connectivity index (χ2v) is 7.45. The molecule has 3 heteroatoms. The Balaban J connectivity index is 2.04. The van der Waals surface area contributed by atoms with Crippen LogP contribution in [0.25, 0.3) is 0 Å². The lowest BCUT2D eigenvalue weighted by Crippen LogP contribution is -2.35. The SMILES string of the molecule is CCCC(C)(CNC1CC1)Cc1ccc(Br)cc1Cl. The van der Waals surface area contributed by atoms with Crippen LogP contribution < -0.4 is 5.32 Å². The highest BCUT2D eigenvalue weighted by Crippen LogP contribution is 2.33. The monoisotopic (exact) mass is 343 g/mol. The Morgan fingerprint density at radius 1 is 1.42 bits per heavy atom. The van der Waals surface area contributed by atoms with E-state index < -0.39 is 0 Å². The second-order valence-electron chi connectivity index (χ2n) is 6.13. The van der Waals surface area contributed by atoms with Gasteiger partial charge >= 0.3 is 0 Å². The minimum Gasteiger partial charge on any atom is -0.313 e. The van der Waals surface area contributed by atoms with Crippen molar-refractivity contribution in [2.75, 3.05) is 6.54 Å². The van der Waals surface area contributed by atoms with Crippen molar-refractivity contribution in [3.8, 4) is 0 Å². The maximum atomic E-state index is 6.36. The zero-order valence-corrected chi connectivity index (χ0v) is 14.1. The highest BCUT2D eigenvalue weighted by atomic mass is 79.9. The van der Waals surface area contributed by atoms with E-state index in [0.717, 1.165) is 28.5 Å². The van der Waals surface area contributed by atoms with Crippen LogP contribution in [0.3, 0.4) is 0 Å². The van der Waals surface area contributed by atoms with Crippen LogP contribution in [-0.4, -0.2) is 12.6 Å². The molecule has 0 aliphatic heterocycles. The predicted octanol–water partition coefficient (Wildman–Crippen LogP) is 5.20. The first-order valence-corrected chi connectivity index (χ1v) is 8.37. The van der Waals surface area contributed by atoms with E-state index in [4.69, 9.17) is 11.6 Å².